The maximum Gasteiger partial charge on any atom is 0.343 e. The van der Waals surface area contributed by atoms with Crippen molar-refractivity contribution in [3.05, 3.63) is 151 Å². The van der Waals surface area contributed by atoms with Gasteiger partial charge in [0.15, 0.2) is 0 Å². The van der Waals surface area contributed by atoms with E-state index in [0.717, 1.165) is 51.0 Å². The Balaban J connectivity index is 1.02. The molecular formula is C61H74ClIO6. The van der Waals surface area contributed by atoms with Gasteiger partial charge in [0, 0.05) is 5.56 Å². The highest BCUT2D eigenvalue weighted by atomic mass is 127. The van der Waals surface area contributed by atoms with E-state index in [2.05, 4.69) is 54.6 Å². The molecule has 0 atom stereocenters. The van der Waals surface area contributed by atoms with E-state index in [1.807, 2.05) is 66.8 Å². The van der Waals surface area contributed by atoms with Crippen molar-refractivity contribution in [3.63, 3.8) is 0 Å². The Bertz CT molecular complexity index is 2190. The lowest BCUT2D eigenvalue weighted by Gasteiger charge is -2.12. The van der Waals surface area contributed by atoms with Crippen molar-refractivity contribution in [3.8, 4) is 23.0 Å². The molecule has 0 spiro atoms. The van der Waals surface area contributed by atoms with Crippen LogP contribution in [0, 0.1) is 10.5 Å². The van der Waals surface area contributed by atoms with Gasteiger partial charge in [0.05, 0.1) is 32.9 Å². The van der Waals surface area contributed by atoms with Crippen LogP contribution in [-0.4, -0.2) is 25.2 Å². The average Bonchev–Trinajstić information content (AvgIpc) is 3.36. The van der Waals surface area contributed by atoms with Gasteiger partial charge in [-0.15, -0.1) is 0 Å². The molecule has 5 rings (SSSR count). The van der Waals surface area contributed by atoms with Gasteiger partial charge in [0.25, 0.3) is 0 Å². The molecule has 0 radical (unpaired) electrons. The molecule has 0 N–H and O–H groups in total. The zero-order valence-electron chi connectivity index (χ0n) is 41.4. The predicted molar refractivity (Wildman–Crippen MR) is 297 cm³/mol. The van der Waals surface area contributed by atoms with Crippen LogP contribution in [0.3, 0.4) is 0 Å². The highest BCUT2D eigenvalue weighted by molar-refractivity contribution is 14.1. The molecule has 8 heteroatoms. The molecular weight excluding hydrogens is 991 g/mol. The lowest BCUT2D eigenvalue weighted by atomic mass is 10.1. The summed E-state index contributed by atoms with van der Waals surface area (Å²) in [5.41, 5.74) is 5.22. The fourth-order valence-electron chi connectivity index (χ4n) is 8.00. The van der Waals surface area contributed by atoms with E-state index in [-0.39, 0.29) is 0 Å². The maximum atomic E-state index is 13.2. The van der Waals surface area contributed by atoms with Gasteiger partial charge in [-0.3, -0.25) is 0 Å². The molecule has 0 aromatic heterocycles. The van der Waals surface area contributed by atoms with Gasteiger partial charge < -0.3 is 18.9 Å². The quantitative estimate of drug-likeness (QED) is 0.0140. The third kappa shape index (κ3) is 20.6. The molecule has 0 saturated carbocycles. The SMILES string of the molecule is CCCCCCCCCCCCOc1ccc(/C=C/c2ccc(C(=O)Oc3cccc(OC(=O)c4ccc(/C=C/c5ccc(OCCCCCCCCCCCC)c(I)c5)cc4)c3C)cc2)cc1Cl. The van der Waals surface area contributed by atoms with Crippen molar-refractivity contribution in [1.29, 1.82) is 0 Å². The largest absolute Gasteiger partial charge is 0.492 e. The molecule has 0 amide bonds. The van der Waals surface area contributed by atoms with Crippen LogP contribution in [0.2, 0.25) is 5.02 Å². The van der Waals surface area contributed by atoms with Gasteiger partial charge in [0.1, 0.15) is 23.0 Å². The topological polar surface area (TPSA) is 71.1 Å². The van der Waals surface area contributed by atoms with Crippen LogP contribution in [0.25, 0.3) is 24.3 Å². The first-order chi connectivity index (χ1) is 33.7. The molecule has 368 valence electrons. The van der Waals surface area contributed by atoms with E-state index in [1.54, 1.807) is 49.4 Å². The molecule has 0 aliphatic rings. The number of carbonyl (C=O) groups is 2. The molecule has 5 aromatic carbocycles. The van der Waals surface area contributed by atoms with E-state index in [9.17, 15) is 9.59 Å². The summed E-state index contributed by atoms with van der Waals surface area (Å²) in [6, 6.07) is 31.5. The van der Waals surface area contributed by atoms with Crippen molar-refractivity contribution in [2.45, 2.75) is 149 Å². The zero-order valence-corrected chi connectivity index (χ0v) is 44.3. The minimum absolute atomic E-state index is 0.311. The lowest BCUT2D eigenvalue weighted by molar-refractivity contribution is 0.0730. The number of unbranched alkanes of at least 4 members (excludes halogenated alkanes) is 18. The number of carbonyl (C=O) groups excluding carboxylic acids is 2. The smallest absolute Gasteiger partial charge is 0.343 e. The van der Waals surface area contributed by atoms with Crippen molar-refractivity contribution in [2.75, 3.05) is 13.2 Å². The molecule has 0 saturated heterocycles. The van der Waals surface area contributed by atoms with Crippen molar-refractivity contribution < 1.29 is 28.5 Å². The first-order valence-electron chi connectivity index (χ1n) is 25.7. The molecule has 5 aromatic rings. The normalized spacial score (nSPS) is 11.4. The zero-order chi connectivity index (χ0) is 48.9. The Morgan fingerprint density at radius 3 is 1.23 bits per heavy atom. The van der Waals surface area contributed by atoms with E-state index in [4.69, 9.17) is 30.5 Å². The number of ether oxygens (including phenoxy) is 4. The molecule has 0 bridgehead atoms. The molecule has 6 nitrogen and oxygen atoms in total. The van der Waals surface area contributed by atoms with Crippen LogP contribution < -0.4 is 18.9 Å². The fourth-order valence-corrected chi connectivity index (χ4v) is 8.94. The summed E-state index contributed by atoms with van der Waals surface area (Å²) in [4.78, 5) is 26.4. The van der Waals surface area contributed by atoms with Crippen LogP contribution in [-0.2, 0) is 0 Å². The fraction of sp³-hybridized carbons (Fsp3) is 0.410. The van der Waals surface area contributed by atoms with Gasteiger partial charge in [-0.25, -0.2) is 9.59 Å². The summed E-state index contributed by atoms with van der Waals surface area (Å²) < 4.78 is 24.7. The Labute approximate surface area is 432 Å². The average molecular weight is 1070 g/mol. The van der Waals surface area contributed by atoms with Crippen LogP contribution in [0.1, 0.15) is 191 Å². The van der Waals surface area contributed by atoms with Crippen LogP contribution in [0.15, 0.2) is 103 Å². The lowest BCUT2D eigenvalue weighted by Crippen LogP contribution is -2.12. The highest BCUT2D eigenvalue weighted by Gasteiger charge is 2.16. The van der Waals surface area contributed by atoms with E-state index in [0.29, 0.717) is 45.6 Å². The highest BCUT2D eigenvalue weighted by Crippen LogP contribution is 2.30. The monoisotopic (exact) mass is 1060 g/mol. The number of rotatable bonds is 32. The molecule has 0 heterocycles. The minimum atomic E-state index is -0.514. The van der Waals surface area contributed by atoms with E-state index >= 15 is 0 Å². The number of esters is 2. The van der Waals surface area contributed by atoms with Crippen molar-refractivity contribution in [1.82, 2.24) is 0 Å². The van der Waals surface area contributed by atoms with E-state index < -0.39 is 11.9 Å². The van der Waals surface area contributed by atoms with Crippen LogP contribution >= 0.6 is 34.2 Å². The summed E-state index contributed by atoms with van der Waals surface area (Å²) in [6.45, 7) is 7.69. The number of benzene rings is 5. The summed E-state index contributed by atoms with van der Waals surface area (Å²) in [6.07, 6.45) is 33.9. The predicted octanol–water partition coefficient (Wildman–Crippen LogP) is 18.6. The second kappa shape index (κ2) is 32.1. The summed E-state index contributed by atoms with van der Waals surface area (Å²) in [7, 11) is 0. The number of hydrogen-bond acceptors (Lipinski definition) is 6. The van der Waals surface area contributed by atoms with Gasteiger partial charge in [-0.1, -0.05) is 208 Å². The van der Waals surface area contributed by atoms with Crippen LogP contribution in [0.4, 0.5) is 0 Å². The molecule has 0 fully saturated rings. The third-order valence-corrected chi connectivity index (χ3v) is 13.4. The molecule has 69 heavy (non-hydrogen) atoms. The second-order valence-corrected chi connectivity index (χ2v) is 19.6. The van der Waals surface area contributed by atoms with Crippen LogP contribution in [0.5, 0.6) is 23.0 Å². The minimum Gasteiger partial charge on any atom is -0.492 e. The molecule has 0 aliphatic carbocycles. The second-order valence-electron chi connectivity index (χ2n) is 18.0. The van der Waals surface area contributed by atoms with Crippen molar-refractivity contribution in [2.24, 2.45) is 0 Å². The number of halogens is 2. The Morgan fingerprint density at radius 1 is 0.449 bits per heavy atom. The van der Waals surface area contributed by atoms with Gasteiger partial charge in [0.2, 0.25) is 0 Å². The Kier molecular flexibility index (Phi) is 25.6. The summed E-state index contributed by atoms with van der Waals surface area (Å²) in [5.74, 6) is 1.23. The maximum absolute atomic E-state index is 13.2. The summed E-state index contributed by atoms with van der Waals surface area (Å²) in [5, 5.41) is 0.585. The molecule has 0 aliphatic heterocycles. The third-order valence-electron chi connectivity index (χ3n) is 12.3. The van der Waals surface area contributed by atoms with Gasteiger partial charge in [-0.05, 0) is 125 Å². The molecule has 0 unspecified atom stereocenters. The number of hydrogen-bond donors (Lipinski definition) is 0. The van der Waals surface area contributed by atoms with Crippen molar-refractivity contribution >= 4 is 70.4 Å². The first-order valence-corrected chi connectivity index (χ1v) is 27.1. The summed E-state index contributed by atoms with van der Waals surface area (Å²) >= 11 is 8.90. The van der Waals surface area contributed by atoms with Gasteiger partial charge in [-0.2, -0.15) is 0 Å². The van der Waals surface area contributed by atoms with E-state index in [1.165, 1.54) is 116 Å². The van der Waals surface area contributed by atoms with Gasteiger partial charge >= 0.3 is 11.9 Å². The Morgan fingerprint density at radius 2 is 0.812 bits per heavy atom. The standard InChI is InChI=1S/C61H74ClIO6/c1-4-6-8-10-12-14-16-18-20-22-43-66-58-41-35-50(45-54(58)62)29-27-48-31-37-52(38-32-48)60(64)68-56-25-24-26-57(47(56)3)69-61(65)53-39-33-49(34-40-53)28-30-51-36-42-59(55(63)46-51)67-44-23-21-19-17-15-13-11-9-7-5-2/h24-42,45-46H,4-23,43-44H2,1-3H3/b29-27+,30-28+. The Hall–Kier alpha value is -4.86. The first kappa shape index (κ1) is 55.1.